The van der Waals surface area contributed by atoms with Crippen molar-refractivity contribution in [2.24, 2.45) is 11.7 Å². The molecule has 1 saturated carbocycles. The van der Waals surface area contributed by atoms with Gasteiger partial charge in [-0.25, -0.2) is 0 Å². The van der Waals surface area contributed by atoms with E-state index in [0.29, 0.717) is 10.6 Å². The summed E-state index contributed by atoms with van der Waals surface area (Å²) in [5.74, 6) is 1.99. The summed E-state index contributed by atoms with van der Waals surface area (Å²) >= 11 is 7.87. The van der Waals surface area contributed by atoms with Gasteiger partial charge in [0, 0.05) is 16.2 Å². The van der Waals surface area contributed by atoms with Crippen molar-refractivity contribution in [3.63, 3.8) is 0 Å². The summed E-state index contributed by atoms with van der Waals surface area (Å²) in [5.41, 5.74) is 6.28. The maximum Gasteiger partial charge on any atom is 0.125 e. The molecule has 1 aliphatic carbocycles. The van der Waals surface area contributed by atoms with Crippen LogP contribution in [0.1, 0.15) is 31.2 Å². The lowest BCUT2D eigenvalue weighted by atomic mass is 10.1. The molecule has 1 aromatic carbocycles. The van der Waals surface area contributed by atoms with Gasteiger partial charge in [-0.15, -0.1) is 11.8 Å². The number of halogens is 1. The van der Waals surface area contributed by atoms with Crippen LogP contribution in [0.15, 0.2) is 23.1 Å². The molecule has 1 aromatic rings. The predicted molar refractivity (Wildman–Crippen MR) is 75.2 cm³/mol. The van der Waals surface area contributed by atoms with E-state index < -0.39 is 0 Å². The van der Waals surface area contributed by atoms with Gasteiger partial charge in [-0.3, -0.25) is 5.41 Å². The molecule has 0 heterocycles. The fraction of sp³-hybridized carbons (Fsp3) is 0.462. The van der Waals surface area contributed by atoms with Crippen molar-refractivity contribution in [1.82, 2.24) is 0 Å². The van der Waals surface area contributed by atoms with E-state index in [9.17, 15) is 0 Å². The van der Waals surface area contributed by atoms with Crippen molar-refractivity contribution in [1.29, 1.82) is 5.41 Å². The molecule has 0 aliphatic heterocycles. The zero-order valence-corrected chi connectivity index (χ0v) is 11.3. The van der Waals surface area contributed by atoms with Gasteiger partial charge in [0.1, 0.15) is 5.84 Å². The van der Waals surface area contributed by atoms with E-state index in [-0.39, 0.29) is 5.84 Å². The molecule has 2 rings (SSSR count). The second-order valence-electron chi connectivity index (χ2n) is 4.49. The molecule has 0 atom stereocenters. The summed E-state index contributed by atoms with van der Waals surface area (Å²) < 4.78 is 0. The number of hydrogen-bond acceptors (Lipinski definition) is 2. The molecule has 0 aromatic heterocycles. The number of benzene rings is 1. The average molecular weight is 269 g/mol. The number of nitrogens with one attached hydrogen (secondary N) is 1. The van der Waals surface area contributed by atoms with Crippen molar-refractivity contribution < 1.29 is 0 Å². The van der Waals surface area contributed by atoms with Crippen LogP contribution in [0.25, 0.3) is 0 Å². The van der Waals surface area contributed by atoms with Crippen molar-refractivity contribution in [3.8, 4) is 0 Å². The monoisotopic (exact) mass is 268 g/mol. The first-order chi connectivity index (χ1) is 8.18. The molecule has 0 spiro atoms. The van der Waals surface area contributed by atoms with E-state index in [1.807, 2.05) is 12.1 Å². The Bertz CT molecular complexity index is 414. The van der Waals surface area contributed by atoms with Crippen molar-refractivity contribution >= 4 is 29.2 Å². The van der Waals surface area contributed by atoms with E-state index in [1.165, 1.54) is 25.7 Å². The topological polar surface area (TPSA) is 49.9 Å². The van der Waals surface area contributed by atoms with Gasteiger partial charge in [-0.2, -0.15) is 0 Å². The molecule has 0 amide bonds. The van der Waals surface area contributed by atoms with Crippen molar-refractivity contribution in [3.05, 3.63) is 28.8 Å². The number of rotatable bonds is 4. The Morgan fingerprint density at radius 2 is 2.12 bits per heavy atom. The van der Waals surface area contributed by atoms with Gasteiger partial charge in [0.2, 0.25) is 0 Å². The molecule has 92 valence electrons. The van der Waals surface area contributed by atoms with E-state index in [2.05, 4.69) is 0 Å². The zero-order valence-electron chi connectivity index (χ0n) is 9.71. The van der Waals surface area contributed by atoms with Gasteiger partial charge in [-0.05, 0) is 30.9 Å². The first kappa shape index (κ1) is 12.8. The van der Waals surface area contributed by atoms with Gasteiger partial charge in [0.05, 0.1) is 5.02 Å². The molecule has 0 saturated heterocycles. The molecule has 1 fully saturated rings. The van der Waals surface area contributed by atoms with Crippen LogP contribution in [0.3, 0.4) is 0 Å². The minimum absolute atomic E-state index is 0.0597. The van der Waals surface area contributed by atoms with Crippen LogP contribution >= 0.6 is 23.4 Å². The van der Waals surface area contributed by atoms with Crippen LogP contribution < -0.4 is 5.73 Å². The largest absolute Gasteiger partial charge is 0.384 e. The average Bonchev–Trinajstić information content (AvgIpc) is 2.78. The minimum Gasteiger partial charge on any atom is -0.384 e. The number of nitrogens with two attached hydrogens (primary N) is 1. The van der Waals surface area contributed by atoms with Gasteiger partial charge < -0.3 is 5.73 Å². The third-order valence-corrected chi connectivity index (χ3v) is 4.80. The van der Waals surface area contributed by atoms with Crippen LogP contribution in [-0.4, -0.2) is 11.6 Å². The molecule has 0 unspecified atom stereocenters. The molecular weight excluding hydrogens is 252 g/mol. The second-order valence-corrected chi connectivity index (χ2v) is 5.96. The van der Waals surface area contributed by atoms with Crippen LogP contribution in [0.2, 0.25) is 5.02 Å². The first-order valence-electron chi connectivity index (χ1n) is 5.94. The Balaban J connectivity index is 2.09. The molecule has 3 N–H and O–H groups in total. The van der Waals surface area contributed by atoms with Gasteiger partial charge in [-0.1, -0.05) is 30.5 Å². The zero-order chi connectivity index (χ0) is 12.3. The highest BCUT2D eigenvalue weighted by atomic mass is 35.5. The van der Waals surface area contributed by atoms with Crippen molar-refractivity contribution in [2.45, 2.75) is 30.6 Å². The highest BCUT2D eigenvalue weighted by Crippen LogP contribution is 2.34. The molecular formula is C13H17ClN2S. The predicted octanol–water partition coefficient (Wildman–Crippen LogP) is 3.91. The lowest BCUT2D eigenvalue weighted by Crippen LogP contribution is -2.13. The normalized spacial score (nSPS) is 16.3. The number of thioether (sulfide) groups is 1. The summed E-state index contributed by atoms with van der Waals surface area (Å²) in [6.45, 7) is 0. The summed E-state index contributed by atoms with van der Waals surface area (Å²) in [6, 6.07) is 5.71. The summed E-state index contributed by atoms with van der Waals surface area (Å²) in [7, 11) is 0. The Kier molecular flexibility index (Phi) is 4.35. The van der Waals surface area contributed by atoms with Crippen LogP contribution in [0.5, 0.6) is 0 Å². The fourth-order valence-corrected chi connectivity index (χ4v) is 3.89. The van der Waals surface area contributed by atoms with Crippen LogP contribution in [-0.2, 0) is 0 Å². The Hall–Kier alpha value is -0.670. The minimum atomic E-state index is 0.0597. The van der Waals surface area contributed by atoms with E-state index in [1.54, 1.807) is 17.8 Å². The third-order valence-electron chi connectivity index (χ3n) is 3.19. The summed E-state index contributed by atoms with van der Waals surface area (Å²) in [4.78, 5) is 1.04. The highest BCUT2D eigenvalue weighted by molar-refractivity contribution is 7.99. The molecule has 4 heteroatoms. The lowest BCUT2D eigenvalue weighted by molar-refractivity contribution is 0.623. The number of nitrogen functional groups attached to an aromatic ring is 1. The molecule has 1 aliphatic rings. The number of amidine groups is 1. The Morgan fingerprint density at radius 3 is 2.76 bits per heavy atom. The highest BCUT2D eigenvalue weighted by Gasteiger charge is 2.17. The van der Waals surface area contributed by atoms with E-state index in [4.69, 9.17) is 22.7 Å². The maximum atomic E-state index is 7.58. The number of hydrogen-bond donors (Lipinski definition) is 2. The Labute approximate surface area is 111 Å². The fourth-order valence-electron chi connectivity index (χ4n) is 2.27. The van der Waals surface area contributed by atoms with E-state index in [0.717, 1.165) is 16.6 Å². The summed E-state index contributed by atoms with van der Waals surface area (Å²) in [6.07, 6.45) is 5.40. The van der Waals surface area contributed by atoms with Crippen LogP contribution in [0, 0.1) is 11.3 Å². The molecule has 17 heavy (non-hydrogen) atoms. The molecule has 0 radical (unpaired) electrons. The first-order valence-corrected chi connectivity index (χ1v) is 7.30. The molecule has 2 nitrogen and oxygen atoms in total. The van der Waals surface area contributed by atoms with Gasteiger partial charge >= 0.3 is 0 Å². The summed E-state index contributed by atoms with van der Waals surface area (Å²) in [5, 5.41) is 8.16. The third kappa shape index (κ3) is 3.17. The SMILES string of the molecule is N=C(N)c1c(Cl)cccc1SCC1CCCC1. The smallest absolute Gasteiger partial charge is 0.125 e. The lowest BCUT2D eigenvalue weighted by Gasteiger charge is -2.12. The van der Waals surface area contributed by atoms with Crippen LogP contribution in [0.4, 0.5) is 0 Å². The van der Waals surface area contributed by atoms with E-state index >= 15 is 0 Å². The van der Waals surface area contributed by atoms with Gasteiger partial charge in [0.15, 0.2) is 0 Å². The van der Waals surface area contributed by atoms with Gasteiger partial charge in [0.25, 0.3) is 0 Å². The maximum absolute atomic E-state index is 7.58. The quantitative estimate of drug-likeness (QED) is 0.494. The molecule has 0 bridgehead atoms. The standard InChI is InChI=1S/C13H17ClN2S/c14-10-6-3-7-11(12(10)13(15)16)17-8-9-4-1-2-5-9/h3,6-7,9H,1-2,4-5,8H2,(H3,15,16). The second kappa shape index (κ2) is 5.78. The van der Waals surface area contributed by atoms with Crippen molar-refractivity contribution in [2.75, 3.05) is 5.75 Å². The Morgan fingerprint density at radius 1 is 1.41 bits per heavy atom.